The van der Waals surface area contributed by atoms with Gasteiger partial charge in [-0.2, -0.15) is 0 Å². The van der Waals surface area contributed by atoms with Gasteiger partial charge < -0.3 is 19.5 Å². The molecular formula is C13H19NO4. The summed E-state index contributed by atoms with van der Waals surface area (Å²) in [5, 5.41) is 8.77. The van der Waals surface area contributed by atoms with Crippen LogP contribution in [0.4, 0.5) is 0 Å². The molecule has 1 rings (SSSR count). The van der Waals surface area contributed by atoms with Crippen LogP contribution >= 0.6 is 0 Å². The van der Waals surface area contributed by atoms with Crippen LogP contribution in [-0.4, -0.2) is 49.3 Å². The highest BCUT2D eigenvalue weighted by molar-refractivity contribution is 5.80. The van der Waals surface area contributed by atoms with Crippen molar-refractivity contribution < 1.29 is 19.4 Å². The van der Waals surface area contributed by atoms with E-state index in [-0.39, 0.29) is 12.5 Å². The second kappa shape index (κ2) is 6.86. The fourth-order valence-corrected chi connectivity index (χ4v) is 1.50. The van der Waals surface area contributed by atoms with Crippen LogP contribution in [0.3, 0.4) is 0 Å². The van der Waals surface area contributed by atoms with Crippen LogP contribution in [0.15, 0.2) is 24.3 Å². The molecule has 0 aliphatic heterocycles. The molecule has 0 bridgehead atoms. The number of nitrogens with zero attached hydrogens (tertiary/aromatic N) is 1. The third kappa shape index (κ3) is 3.92. The zero-order valence-corrected chi connectivity index (χ0v) is 10.9. The Morgan fingerprint density at radius 1 is 1.44 bits per heavy atom. The summed E-state index contributed by atoms with van der Waals surface area (Å²) in [6, 6.07) is 7.08. The molecule has 1 amide bonds. The Morgan fingerprint density at radius 3 is 2.72 bits per heavy atom. The maximum Gasteiger partial charge on any atom is 0.263 e. The lowest BCUT2D eigenvalue weighted by Crippen LogP contribution is -2.39. The number of methoxy groups -OCH3 is 1. The van der Waals surface area contributed by atoms with E-state index in [1.165, 1.54) is 4.90 Å². The SMILES string of the molecule is COc1cccc(OC(C)C(=O)N(C)CCO)c1. The molecule has 0 saturated carbocycles. The van der Waals surface area contributed by atoms with E-state index < -0.39 is 6.10 Å². The second-order valence-corrected chi connectivity index (χ2v) is 3.92. The van der Waals surface area contributed by atoms with Crippen molar-refractivity contribution in [1.29, 1.82) is 0 Å². The molecule has 0 aromatic heterocycles. The van der Waals surface area contributed by atoms with Gasteiger partial charge in [0.15, 0.2) is 6.10 Å². The number of likely N-dealkylation sites (N-methyl/N-ethyl adjacent to an activating group) is 1. The highest BCUT2D eigenvalue weighted by atomic mass is 16.5. The van der Waals surface area contributed by atoms with Gasteiger partial charge in [0.1, 0.15) is 11.5 Å². The van der Waals surface area contributed by atoms with Crippen molar-refractivity contribution in [3.05, 3.63) is 24.3 Å². The van der Waals surface area contributed by atoms with Gasteiger partial charge in [0.2, 0.25) is 0 Å². The Bertz CT molecular complexity index is 394. The lowest BCUT2D eigenvalue weighted by atomic mass is 10.3. The summed E-state index contributed by atoms with van der Waals surface area (Å²) in [6.45, 7) is 1.91. The molecule has 0 saturated heterocycles. The predicted octanol–water partition coefficient (Wildman–Crippen LogP) is 0.913. The van der Waals surface area contributed by atoms with Gasteiger partial charge >= 0.3 is 0 Å². The Balaban J connectivity index is 2.63. The number of carbonyl (C=O) groups excluding carboxylic acids is 1. The largest absolute Gasteiger partial charge is 0.497 e. The fourth-order valence-electron chi connectivity index (χ4n) is 1.50. The minimum absolute atomic E-state index is 0.0614. The molecule has 0 aliphatic carbocycles. The van der Waals surface area contributed by atoms with Crippen molar-refractivity contribution in [2.24, 2.45) is 0 Å². The molecule has 1 unspecified atom stereocenters. The van der Waals surface area contributed by atoms with Crippen molar-refractivity contribution in [2.75, 3.05) is 27.3 Å². The summed E-state index contributed by atoms with van der Waals surface area (Å²) in [7, 11) is 3.20. The fraction of sp³-hybridized carbons (Fsp3) is 0.462. The monoisotopic (exact) mass is 253 g/mol. The molecule has 0 heterocycles. The number of hydrogen-bond acceptors (Lipinski definition) is 4. The van der Waals surface area contributed by atoms with Crippen molar-refractivity contribution >= 4 is 5.91 Å². The van der Waals surface area contributed by atoms with Gasteiger partial charge in [-0.15, -0.1) is 0 Å². The average molecular weight is 253 g/mol. The van der Waals surface area contributed by atoms with Gasteiger partial charge in [0.05, 0.1) is 13.7 Å². The van der Waals surface area contributed by atoms with E-state index in [0.29, 0.717) is 18.0 Å². The van der Waals surface area contributed by atoms with Gasteiger partial charge in [-0.05, 0) is 19.1 Å². The first kappa shape index (κ1) is 14.3. The molecule has 5 heteroatoms. The quantitative estimate of drug-likeness (QED) is 0.818. The van der Waals surface area contributed by atoms with Crippen LogP contribution in [0, 0.1) is 0 Å². The van der Waals surface area contributed by atoms with Gasteiger partial charge in [-0.25, -0.2) is 0 Å². The minimum atomic E-state index is -0.603. The van der Waals surface area contributed by atoms with Crippen LogP contribution in [0.25, 0.3) is 0 Å². The van der Waals surface area contributed by atoms with Crippen molar-refractivity contribution in [3.63, 3.8) is 0 Å². The maximum atomic E-state index is 11.9. The third-order valence-electron chi connectivity index (χ3n) is 2.51. The molecule has 5 nitrogen and oxygen atoms in total. The molecule has 0 aliphatic rings. The van der Waals surface area contributed by atoms with E-state index in [1.54, 1.807) is 45.3 Å². The molecule has 100 valence electrons. The van der Waals surface area contributed by atoms with Gasteiger partial charge in [-0.1, -0.05) is 6.07 Å². The van der Waals surface area contributed by atoms with E-state index >= 15 is 0 Å². The standard InChI is InChI=1S/C13H19NO4/c1-10(13(16)14(2)7-8-15)18-12-6-4-5-11(9-12)17-3/h4-6,9-10,15H,7-8H2,1-3H3. The lowest BCUT2D eigenvalue weighted by molar-refractivity contribution is -0.137. The number of amides is 1. The summed E-state index contributed by atoms with van der Waals surface area (Å²) in [5.41, 5.74) is 0. The number of aliphatic hydroxyl groups excluding tert-OH is 1. The molecule has 1 atom stereocenters. The van der Waals surface area contributed by atoms with E-state index in [2.05, 4.69) is 0 Å². The molecular weight excluding hydrogens is 234 g/mol. The van der Waals surface area contributed by atoms with E-state index in [1.807, 2.05) is 0 Å². The Hall–Kier alpha value is -1.75. The topological polar surface area (TPSA) is 59.0 Å². The Kier molecular flexibility index (Phi) is 5.45. The lowest BCUT2D eigenvalue weighted by Gasteiger charge is -2.21. The molecule has 0 spiro atoms. The summed E-state index contributed by atoms with van der Waals surface area (Å²) in [5.74, 6) is 1.08. The normalized spacial score (nSPS) is 11.8. The van der Waals surface area contributed by atoms with E-state index in [0.717, 1.165) is 0 Å². The average Bonchev–Trinajstić information content (AvgIpc) is 2.38. The summed E-state index contributed by atoms with van der Waals surface area (Å²) in [6.07, 6.45) is -0.603. The first-order chi connectivity index (χ1) is 8.58. The smallest absolute Gasteiger partial charge is 0.263 e. The van der Waals surface area contributed by atoms with Gasteiger partial charge in [0.25, 0.3) is 5.91 Å². The summed E-state index contributed by atoms with van der Waals surface area (Å²) >= 11 is 0. The minimum Gasteiger partial charge on any atom is -0.497 e. The molecule has 18 heavy (non-hydrogen) atoms. The highest BCUT2D eigenvalue weighted by Gasteiger charge is 2.18. The first-order valence-corrected chi connectivity index (χ1v) is 5.75. The molecule has 0 fully saturated rings. The molecule has 1 N–H and O–H groups in total. The van der Waals surface area contributed by atoms with Crippen molar-refractivity contribution in [2.45, 2.75) is 13.0 Å². The van der Waals surface area contributed by atoms with Gasteiger partial charge in [0, 0.05) is 19.7 Å². The van der Waals surface area contributed by atoms with Crippen LogP contribution in [0.1, 0.15) is 6.92 Å². The second-order valence-electron chi connectivity index (χ2n) is 3.92. The predicted molar refractivity (Wildman–Crippen MR) is 67.8 cm³/mol. The van der Waals surface area contributed by atoms with Crippen molar-refractivity contribution in [1.82, 2.24) is 4.90 Å². The molecule has 1 aromatic carbocycles. The first-order valence-electron chi connectivity index (χ1n) is 5.75. The van der Waals surface area contributed by atoms with Crippen molar-refractivity contribution in [3.8, 4) is 11.5 Å². The Labute approximate surface area is 107 Å². The molecule has 1 aromatic rings. The van der Waals surface area contributed by atoms with Crippen LogP contribution < -0.4 is 9.47 Å². The van der Waals surface area contributed by atoms with E-state index in [4.69, 9.17) is 14.6 Å². The maximum absolute atomic E-state index is 11.9. The number of benzene rings is 1. The summed E-state index contributed by atoms with van der Waals surface area (Å²) in [4.78, 5) is 13.3. The zero-order chi connectivity index (χ0) is 13.5. The number of hydrogen-bond donors (Lipinski definition) is 1. The number of carbonyl (C=O) groups is 1. The number of ether oxygens (including phenoxy) is 2. The zero-order valence-electron chi connectivity index (χ0n) is 10.9. The highest BCUT2D eigenvalue weighted by Crippen LogP contribution is 2.20. The molecule has 0 radical (unpaired) electrons. The number of aliphatic hydroxyl groups is 1. The third-order valence-corrected chi connectivity index (χ3v) is 2.51. The summed E-state index contributed by atoms with van der Waals surface area (Å²) < 4.78 is 10.6. The Morgan fingerprint density at radius 2 is 2.11 bits per heavy atom. The number of rotatable bonds is 6. The van der Waals surface area contributed by atoms with Gasteiger partial charge in [-0.3, -0.25) is 4.79 Å². The van der Waals surface area contributed by atoms with E-state index in [9.17, 15) is 4.79 Å². The van der Waals surface area contributed by atoms with Crippen LogP contribution in [0.2, 0.25) is 0 Å². The van der Waals surface area contributed by atoms with Crippen LogP contribution in [-0.2, 0) is 4.79 Å². The van der Waals surface area contributed by atoms with Crippen LogP contribution in [0.5, 0.6) is 11.5 Å².